The Kier molecular flexibility index (Phi) is 6.38. The van der Waals surface area contributed by atoms with E-state index in [-0.39, 0.29) is 17.3 Å². The van der Waals surface area contributed by atoms with Gasteiger partial charge >= 0.3 is 0 Å². The lowest BCUT2D eigenvalue weighted by Gasteiger charge is -2.23. The average molecular weight is 556 g/mol. The van der Waals surface area contributed by atoms with Gasteiger partial charge in [0.25, 0.3) is 0 Å². The Hall–Kier alpha value is -2.66. The van der Waals surface area contributed by atoms with Crippen molar-refractivity contribution in [3.05, 3.63) is 64.8 Å². The summed E-state index contributed by atoms with van der Waals surface area (Å²) in [6.07, 6.45) is 4.00. The summed E-state index contributed by atoms with van der Waals surface area (Å²) < 4.78 is 42.4. The molecule has 2 unspecified atom stereocenters. The number of aromatic nitrogens is 1. The second-order valence-electron chi connectivity index (χ2n) is 9.76. The van der Waals surface area contributed by atoms with Gasteiger partial charge in [0, 0.05) is 17.0 Å². The number of hydrogen-bond acceptors (Lipinski definition) is 6. The molecule has 192 valence electrons. The van der Waals surface area contributed by atoms with Crippen LogP contribution in [0.3, 0.4) is 0 Å². The normalized spacial score (nSPS) is 20.3. The monoisotopic (exact) mass is 555 g/mol. The molecule has 6 nitrogen and oxygen atoms in total. The van der Waals surface area contributed by atoms with Gasteiger partial charge in [0.05, 0.1) is 15.1 Å². The molecular weight excluding hydrogens is 530 g/mol. The highest BCUT2D eigenvalue weighted by Gasteiger charge is 2.40. The maximum absolute atomic E-state index is 13.6. The van der Waals surface area contributed by atoms with E-state index in [0.29, 0.717) is 18.8 Å². The Morgan fingerprint density at radius 2 is 1.89 bits per heavy atom. The number of amides is 1. The molecular formula is C27H26FN3O3S3. The van der Waals surface area contributed by atoms with E-state index < -0.39 is 21.9 Å². The van der Waals surface area contributed by atoms with E-state index >= 15 is 0 Å². The van der Waals surface area contributed by atoms with Crippen molar-refractivity contribution in [2.24, 2.45) is 5.92 Å². The van der Waals surface area contributed by atoms with Crippen molar-refractivity contribution < 1.29 is 17.6 Å². The summed E-state index contributed by atoms with van der Waals surface area (Å²) in [6, 6.07) is 11.9. The summed E-state index contributed by atoms with van der Waals surface area (Å²) in [5.41, 5.74) is 3.16. The predicted molar refractivity (Wildman–Crippen MR) is 146 cm³/mol. The van der Waals surface area contributed by atoms with E-state index in [1.54, 1.807) is 22.7 Å². The molecule has 1 N–H and O–H groups in total. The molecule has 1 fully saturated rings. The van der Waals surface area contributed by atoms with Crippen molar-refractivity contribution in [3.8, 4) is 10.6 Å². The number of carbonyl (C=O) groups excluding carboxylic acids is 1. The van der Waals surface area contributed by atoms with E-state index in [2.05, 4.69) is 12.2 Å². The smallest absolute Gasteiger partial charge is 0.243 e. The lowest BCUT2D eigenvalue weighted by molar-refractivity contribution is -0.119. The molecule has 0 spiro atoms. The first-order chi connectivity index (χ1) is 17.8. The first-order valence-corrected chi connectivity index (χ1v) is 15.5. The van der Waals surface area contributed by atoms with Crippen molar-refractivity contribution in [3.63, 3.8) is 0 Å². The molecule has 6 rings (SSSR count). The molecule has 37 heavy (non-hydrogen) atoms. The quantitative estimate of drug-likeness (QED) is 0.324. The van der Waals surface area contributed by atoms with Crippen molar-refractivity contribution in [1.82, 2.24) is 9.29 Å². The van der Waals surface area contributed by atoms with Gasteiger partial charge in [-0.3, -0.25) is 4.79 Å². The molecule has 10 heteroatoms. The number of thiazole rings is 1. The van der Waals surface area contributed by atoms with Gasteiger partial charge in [0.1, 0.15) is 21.9 Å². The number of benzene rings is 2. The average Bonchev–Trinajstić information content (AvgIpc) is 3.60. The Balaban J connectivity index is 1.34. The zero-order valence-electron chi connectivity index (χ0n) is 20.2. The number of nitrogens with one attached hydrogen (secondary N) is 1. The van der Waals surface area contributed by atoms with Crippen LogP contribution < -0.4 is 5.32 Å². The first kappa shape index (κ1) is 24.7. The Labute approximate surface area is 223 Å². The third-order valence-corrected chi connectivity index (χ3v) is 11.3. The molecule has 4 aromatic rings. The maximum atomic E-state index is 13.6. The van der Waals surface area contributed by atoms with Crippen molar-refractivity contribution in [1.29, 1.82) is 0 Å². The van der Waals surface area contributed by atoms with Crippen LogP contribution in [0.2, 0.25) is 0 Å². The van der Waals surface area contributed by atoms with Gasteiger partial charge in [-0.15, -0.1) is 22.7 Å². The summed E-state index contributed by atoms with van der Waals surface area (Å²) in [5.74, 6) is -0.269. The van der Waals surface area contributed by atoms with Crippen LogP contribution in [0.25, 0.3) is 20.8 Å². The Bertz CT molecular complexity index is 1560. The van der Waals surface area contributed by atoms with E-state index in [4.69, 9.17) is 4.98 Å². The standard InChI is InChI=1S/C27H26FN3O3S3/c1-16-8-13-19-23(15-16)36-27(24(19)26-29-20-5-2-3-7-22(20)35-26)30-25(32)21-6-4-14-31(21)37(33,34)18-11-9-17(28)10-12-18/h2-3,5,7,9-12,16,21H,4,6,8,13-15H2,1H3,(H,30,32). The number of thiophene rings is 1. The van der Waals surface area contributed by atoms with Gasteiger partial charge in [-0.2, -0.15) is 4.31 Å². The SMILES string of the molecule is CC1CCc2c(sc(NC(=O)C3CCCN3S(=O)(=O)c3ccc(F)cc3)c2-c2nc3ccccc3s2)C1. The molecule has 1 aliphatic heterocycles. The molecule has 0 radical (unpaired) electrons. The molecule has 1 aliphatic carbocycles. The van der Waals surface area contributed by atoms with Gasteiger partial charge in [-0.05, 0) is 80.0 Å². The molecule has 2 aliphatic rings. The second-order valence-corrected chi connectivity index (χ2v) is 13.8. The number of rotatable bonds is 5. The van der Waals surface area contributed by atoms with Crippen LogP contribution in [0.1, 0.15) is 36.6 Å². The third kappa shape index (κ3) is 4.50. The number of halogens is 1. The zero-order chi connectivity index (χ0) is 25.7. The van der Waals surface area contributed by atoms with Crippen LogP contribution >= 0.6 is 22.7 Å². The van der Waals surface area contributed by atoms with Crippen LogP contribution in [0, 0.1) is 11.7 Å². The highest BCUT2D eigenvalue weighted by molar-refractivity contribution is 7.89. The van der Waals surface area contributed by atoms with E-state index in [1.165, 1.54) is 26.9 Å². The van der Waals surface area contributed by atoms with E-state index in [0.717, 1.165) is 57.2 Å². The van der Waals surface area contributed by atoms with Crippen LogP contribution in [-0.2, 0) is 27.7 Å². The minimum atomic E-state index is -3.93. The Morgan fingerprint density at radius 1 is 1.11 bits per heavy atom. The highest BCUT2D eigenvalue weighted by atomic mass is 32.2. The maximum Gasteiger partial charge on any atom is 0.243 e. The minimum Gasteiger partial charge on any atom is -0.316 e. The van der Waals surface area contributed by atoms with Gasteiger partial charge < -0.3 is 5.32 Å². The molecule has 2 aromatic carbocycles. The fraction of sp³-hybridized carbons (Fsp3) is 0.333. The first-order valence-electron chi connectivity index (χ1n) is 12.4. The minimum absolute atomic E-state index is 0.00987. The summed E-state index contributed by atoms with van der Waals surface area (Å²) in [4.78, 5) is 19.7. The number of nitrogens with zero attached hydrogens (tertiary/aromatic N) is 2. The summed E-state index contributed by atoms with van der Waals surface area (Å²) in [6.45, 7) is 2.50. The molecule has 0 bridgehead atoms. The van der Waals surface area contributed by atoms with Gasteiger partial charge in [-0.1, -0.05) is 19.1 Å². The number of hydrogen-bond donors (Lipinski definition) is 1. The molecule has 0 saturated carbocycles. The fourth-order valence-corrected chi connectivity index (χ4v) is 9.45. The van der Waals surface area contributed by atoms with Crippen molar-refractivity contribution in [2.75, 3.05) is 11.9 Å². The Morgan fingerprint density at radius 3 is 2.68 bits per heavy atom. The number of para-hydroxylation sites is 1. The van der Waals surface area contributed by atoms with Crippen molar-refractivity contribution in [2.45, 2.75) is 50.0 Å². The van der Waals surface area contributed by atoms with Gasteiger partial charge in [0.15, 0.2) is 0 Å². The highest BCUT2D eigenvalue weighted by Crippen LogP contribution is 2.47. The number of sulfonamides is 1. The van der Waals surface area contributed by atoms with Crippen LogP contribution in [0.4, 0.5) is 9.39 Å². The second kappa shape index (κ2) is 9.58. The lowest BCUT2D eigenvalue weighted by atomic mass is 9.88. The molecule has 2 atom stereocenters. The topological polar surface area (TPSA) is 79.4 Å². The number of anilines is 1. The summed E-state index contributed by atoms with van der Waals surface area (Å²) in [5, 5.41) is 4.74. The molecule has 2 aromatic heterocycles. The van der Waals surface area contributed by atoms with Gasteiger partial charge in [-0.25, -0.2) is 17.8 Å². The fourth-order valence-electron chi connectivity index (χ4n) is 5.27. The number of carbonyl (C=O) groups is 1. The number of fused-ring (bicyclic) bond motifs is 2. The third-order valence-electron chi connectivity index (χ3n) is 7.18. The summed E-state index contributed by atoms with van der Waals surface area (Å²) in [7, 11) is -3.93. The van der Waals surface area contributed by atoms with E-state index in [1.807, 2.05) is 24.3 Å². The van der Waals surface area contributed by atoms with Crippen LogP contribution in [-0.4, -0.2) is 36.2 Å². The zero-order valence-corrected chi connectivity index (χ0v) is 22.7. The lowest BCUT2D eigenvalue weighted by Crippen LogP contribution is -2.43. The van der Waals surface area contributed by atoms with Crippen LogP contribution in [0.15, 0.2) is 53.4 Å². The van der Waals surface area contributed by atoms with Gasteiger partial charge in [0.2, 0.25) is 15.9 Å². The molecule has 1 saturated heterocycles. The largest absolute Gasteiger partial charge is 0.316 e. The van der Waals surface area contributed by atoms with Crippen LogP contribution in [0.5, 0.6) is 0 Å². The summed E-state index contributed by atoms with van der Waals surface area (Å²) >= 11 is 3.20. The van der Waals surface area contributed by atoms with Crippen molar-refractivity contribution >= 4 is 53.8 Å². The molecule has 3 heterocycles. The van der Waals surface area contributed by atoms with E-state index in [9.17, 15) is 17.6 Å². The molecule has 1 amide bonds. The predicted octanol–water partition coefficient (Wildman–Crippen LogP) is 6.08.